The molecule has 6 nitrogen and oxygen atoms in total. The van der Waals surface area contributed by atoms with Crippen LogP contribution in [0.3, 0.4) is 0 Å². The van der Waals surface area contributed by atoms with Crippen LogP contribution in [0.25, 0.3) is 10.9 Å². The van der Waals surface area contributed by atoms with Crippen molar-refractivity contribution >= 4 is 29.7 Å². The molecule has 7 aliphatic carbocycles. The fourth-order valence-corrected chi connectivity index (χ4v) is 11.8. The number of H-pyrrole nitrogens is 1. The van der Waals surface area contributed by atoms with Crippen molar-refractivity contribution in [3.05, 3.63) is 36.0 Å². The molecule has 2 aromatic rings. The van der Waals surface area contributed by atoms with Gasteiger partial charge in [0.2, 0.25) is 5.91 Å². The Morgan fingerprint density at radius 2 is 1.69 bits per heavy atom. The molecule has 1 amide bonds. The highest BCUT2D eigenvalue weighted by Crippen LogP contribution is 2.66. The minimum Gasteiger partial charge on any atom is -0.404 e. The number of fused-ring (bicyclic) bond motifs is 1. The number of carbonyl (C=O) groups excluding carboxylic acids is 2. The molecular weight excluding hydrogens is 559 g/mol. The van der Waals surface area contributed by atoms with E-state index in [-0.39, 0.29) is 34.4 Å². The van der Waals surface area contributed by atoms with Crippen LogP contribution in [0.4, 0.5) is 0 Å². The lowest BCUT2D eigenvalue weighted by Gasteiger charge is -2.64. The summed E-state index contributed by atoms with van der Waals surface area (Å²) in [5.74, 6) is 3.27. The molecule has 7 heteroatoms. The van der Waals surface area contributed by atoms with E-state index in [0.29, 0.717) is 54.1 Å². The summed E-state index contributed by atoms with van der Waals surface area (Å²) in [6, 6.07) is 8.28. The van der Waals surface area contributed by atoms with Gasteiger partial charge in [0.15, 0.2) is 0 Å². The molecule has 242 valence electrons. The lowest BCUT2D eigenvalue weighted by atomic mass is 9.43. The molecular formula is C38H53BN2O4. The van der Waals surface area contributed by atoms with E-state index in [0.717, 1.165) is 48.6 Å². The van der Waals surface area contributed by atoms with Crippen molar-refractivity contribution < 1.29 is 18.9 Å². The van der Waals surface area contributed by atoms with Crippen LogP contribution in [0.5, 0.6) is 0 Å². The monoisotopic (exact) mass is 612 g/mol. The summed E-state index contributed by atoms with van der Waals surface area (Å²) in [7, 11) is -0.464. The number of hydrogen-bond donors (Lipinski definition) is 2. The molecule has 7 saturated carbocycles. The Balaban J connectivity index is 1.05. The summed E-state index contributed by atoms with van der Waals surface area (Å²) >= 11 is 0. The number of aromatic nitrogens is 1. The number of nitrogens with one attached hydrogen (secondary N) is 2. The number of amides is 1. The highest BCUT2D eigenvalue weighted by atomic mass is 16.7. The fourth-order valence-electron chi connectivity index (χ4n) is 11.8. The number of benzene rings is 1. The van der Waals surface area contributed by atoms with Gasteiger partial charge < -0.3 is 19.6 Å². The van der Waals surface area contributed by atoms with Gasteiger partial charge in [0.1, 0.15) is 5.78 Å². The molecule has 8 fully saturated rings. The maximum Gasteiger partial charge on any atom is 0.481 e. The number of aromatic amines is 1. The summed E-state index contributed by atoms with van der Waals surface area (Å²) in [5.41, 5.74) is 1.92. The Bertz CT molecular complexity index is 1450. The molecule has 8 aliphatic rings. The molecule has 1 aliphatic heterocycles. The van der Waals surface area contributed by atoms with E-state index in [2.05, 4.69) is 63.1 Å². The summed E-state index contributed by atoms with van der Waals surface area (Å²) < 4.78 is 13.6. The average molecular weight is 613 g/mol. The molecule has 2 N–H and O–H groups in total. The molecule has 0 unspecified atom stereocenters. The maximum absolute atomic E-state index is 14.5. The molecule has 1 aromatic carbocycles. The third kappa shape index (κ3) is 4.96. The zero-order chi connectivity index (χ0) is 31.3. The fraction of sp³-hybridized carbons (Fsp3) is 0.737. The topological polar surface area (TPSA) is 80.4 Å². The summed E-state index contributed by atoms with van der Waals surface area (Å²) in [4.78, 5) is 32.3. The van der Waals surface area contributed by atoms with E-state index in [1.807, 2.05) is 12.3 Å². The molecule has 6 bridgehead atoms. The molecule has 0 spiro atoms. The minimum absolute atomic E-state index is 0.0270. The van der Waals surface area contributed by atoms with E-state index in [4.69, 9.17) is 9.31 Å². The van der Waals surface area contributed by atoms with Crippen molar-refractivity contribution in [2.75, 3.05) is 0 Å². The smallest absolute Gasteiger partial charge is 0.404 e. The van der Waals surface area contributed by atoms with Crippen LogP contribution < -0.4 is 5.32 Å². The van der Waals surface area contributed by atoms with Gasteiger partial charge in [0, 0.05) is 34.9 Å². The highest BCUT2D eigenvalue weighted by molar-refractivity contribution is 6.47. The minimum atomic E-state index is -0.464. The van der Waals surface area contributed by atoms with Crippen LogP contribution in [-0.4, -0.2) is 41.4 Å². The van der Waals surface area contributed by atoms with Crippen LogP contribution in [0.1, 0.15) is 104 Å². The van der Waals surface area contributed by atoms with E-state index >= 15 is 0 Å². The van der Waals surface area contributed by atoms with Crippen LogP contribution in [-0.2, 0) is 25.3 Å². The highest BCUT2D eigenvalue weighted by Gasteiger charge is 2.68. The van der Waals surface area contributed by atoms with E-state index < -0.39 is 13.0 Å². The second kappa shape index (κ2) is 10.7. The first-order chi connectivity index (χ1) is 21.4. The normalized spacial score (nSPS) is 38.7. The first-order valence-electron chi connectivity index (χ1n) is 18.2. The number of ketones is 1. The average Bonchev–Trinajstić information content (AvgIpc) is 3.55. The van der Waals surface area contributed by atoms with Crippen molar-refractivity contribution in [1.29, 1.82) is 0 Å². The quantitative estimate of drug-likeness (QED) is 0.276. The molecule has 45 heavy (non-hydrogen) atoms. The van der Waals surface area contributed by atoms with Crippen molar-refractivity contribution in [2.45, 2.75) is 123 Å². The first-order valence-corrected chi connectivity index (χ1v) is 18.2. The number of Topliss-reactive ketones (excluding diaryl/α,β-unsaturated/α-hetero) is 1. The first kappa shape index (κ1) is 30.2. The van der Waals surface area contributed by atoms with Crippen molar-refractivity contribution in [3.63, 3.8) is 0 Å². The van der Waals surface area contributed by atoms with Gasteiger partial charge in [-0.2, -0.15) is 0 Å². The maximum atomic E-state index is 14.5. The predicted octanol–water partition coefficient (Wildman–Crippen LogP) is 7.30. The van der Waals surface area contributed by atoms with Crippen molar-refractivity contribution in [2.24, 2.45) is 52.3 Å². The summed E-state index contributed by atoms with van der Waals surface area (Å²) in [6.07, 6.45) is 13.0. The van der Waals surface area contributed by atoms with Gasteiger partial charge in [0.25, 0.3) is 0 Å². The summed E-state index contributed by atoms with van der Waals surface area (Å²) in [6.45, 7) is 11.4. The van der Waals surface area contributed by atoms with Gasteiger partial charge in [-0.1, -0.05) is 45.9 Å². The van der Waals surface area contributed by atoms with Crippen LogP contribution >= 0.6 is 0 Å². The number of para-hydroxylation sites is 1. The Kier molecular flexibility index (Phi) is 7.19. The number of hydrogen-bond acceptors (Lipinski definition) is 4. The Hall–Kier alpha value is -2.12. The number of carbonyl (C=O) groups is 2. The largest absolute Gasteiger partial charge is 0.481 e. The molecule has 6 atom stereocenters. The lowest BCUT2D eigenvalue weighted by molar-refractivity contribution is -0.199. The second-order valence-corrected chi connectivity index (χ2v) is 17.7. The van der Waals surface area contributed by atoms with Gasteiger partial charge in [-0.3, -0.25) is 9.59 Å². The second-order valence-electron chi connectivity index (χ2n) is 17.7. The van der Waals surface area contributed by atoms with Crippen LogP contribution in [0.2, 0.25) is 0 Å². The van der Waals surface area contributed by atoms with Gasteiger partial charge in [0.05, 0.1) is 17.6 Å². The Morgan fingerprint density at radius 3 is 2.36 bits per heavy atom. The van der Waals surface area contributed by atoms with E-state index in [1.54, 1.807) is 0 Å². The third-order valence-electron chi connectivity index (χ3n) is 13.9. The van der Waals surface area contributed by atoms with Crippen molar-refractivity contribution in [1.82, 2.24) is 10.3 Å². The standard InChI is InChI=1S/C38H53BN2O4/c1-22(2)10-34(39-44-33-17-28-16-31(36(28,3)4)37(33,5)45-39)41-35(43)26(14-27-21-40-30-9-7-6-8-29(27)30)15-32(42)38-18-23-11-24(19-38)13-25(12-23)20-38/h6-9,21-26,28,31,33-34,40H,10-20H2,1-5H3,(H,41,43)/t23?,24?,25?,26-,28+,31+,33-,34+,37+,38?/m1/s1. The molecule has 10 rings (SSSR count). The lowest BCUT2D eigenvalue weighted by Crippen LogP contribution is -2.65. The van der Waals surface area contributed by atoms with Gasteiger partial charge in [-0.25, -0.2) is 0 Å². The van der Waals surface area contributed by atoms with E-state index in [9.17, 15) is 9.59 Å². The van der Waals surface area contributed by atoms with Gasteiger partial charge in [-0.05, 0) is 124 Å². The van der Waals surface area contributed by atoms with E-state index in [1.165, 1.54) is 25.7 Å². The summed E-state index contributed by atoms with van der Waals surface area (Å²) in [5, 5.41) is 4.59. The third-order valence-corrected chi connectivity index (χ3v) is 13.9. The van der Waals surface area contributed by atoms with Crippen LogP contribution in [0, 0.1) is 52.3 Å². The molecule has 1 aromatic heterocycles. The SMILES string of the molecule is CC(C)C[C@H](NC(=O)[C@@H](CC(=O)C12CC3CC(CC(C3)C1)C2)Cc1c[nH]c2ccccc12)B1O[C@@H]2C[C@@H]3C[C@@H](C3(C)C)[C@]2(C)O1. The zero-order valence-corrected chi connectivity index (χ0v) is 28.1. The van der Waals surface area contributed by atoms with Crippen LogP contribution in [0.15, 0.2) is 30.5 Å². The van der Waals surface area contributed by atoms with Gasteiger partial charge >= 0.3 is 7.12 Å². The molecule has 1 saturated heterocycles. The Labute approximate surface area is 269 Å². The molecule has 0 radical (unpaired) electrons. The molecule has 2 heterocycles. The van der Waals surface area contributed by atoms with Crippen molar-refractivity contribution in [3.8, 4) is 0 Å². The predicted molar refractivity (Wildman–Crippen MR) is 177 cm³/mol. The van der Waals surface area contributed by atoms with Gasteiger partial charge in [-0.15, -0.1) is 0 Å². The zero-order valence-electron chi connectivity index (χ0n) is 28.1. The number of rotatable bonds is 10. The Morgan fingerprint density at radius 1 is 1.00 bits per heavy atom.